The maximum atomic E-state index is 12.9. The van der Waals surface area contributed by atoms with Gasteiger partial charge in [-0.05, 0) is 60.7 Å². The first-order chi connectivity index (χ1) is 15.0. The summed E-state index contributed by atoms with van der Waals surface area (Å²) >= 11 is 5.90. The van der Waals surface area contributed by atoms with E-state index in [0.717, 1.165) is 24.3 Å². The van der Waals surface area contributed by atoms with E-state index in [-0.39, 0.29) is 11.4 Å². The van der Waals surface area contributed by atoms with E-state index in [1.54, 1.807) is 24.3 Å². The first-order valence-electron chi connectivity index (χ1n) is 9.14. The molecule has 0 saturated carbocycles. The number of alkyl halides is 6. The number of anilines is 1. The Labute approximate surface area is 184 Å². The highest BCUT2D eigenvalue weighted by Gasteiger charge is 2.30. The maximum absolute atomic E-state index is 12.9. The molecule has 0 atom stereocenters. The molecule has 166 valence electrons. The highest BCUT2D eigenvalue weighted by Crippen LogP contribution is 2.31. The first kappa shape index (κ1) is 23.4. The fourth-order valence-electron chi connectivity index (χ4n) is 2.68. The lowest BCUT2D eigenvalue weighted by Crippen LogP contribution is -2.05. The maximum Gasteiger partial charge on any atom is 0.416 e. The van der Waals surface area contributed by atoms with Crippen LogP contribution in [0.4, 0.5) is 37.7 Å². The summed E-state index contributed by atoms with van der Waals surface area (Å²) in [6.07, 6.45) is -6.04. The average Bonchev–Trinajstić information content (AvgIpc) is 2.73. The fourth-order valence-corrected chi connectivity index (χ4v) is 2.81. The molecule has 0 aliphatic heterocycles. The molecule has 0 saturated heterocycles. The van der Waals surface area contributed by atoms with Crippen LogP contribution in [-0.4, -0.2) is 5.71 Å². The Kier molecular flexibility index (Phi) is 6.93. The van der Waals surface area contributed by atoms with Gasteiger partial charge in [-0.25, -0.2) is 4.99 Å². The van der Waals surface area contributed by atoms with E-state index in [1.807, 2.05) is 0 Å². The number of hydrogen-bond acceptors (Lipinski definition) is 2. The molecule has 2 nitrogen and oxygen atoms in total. The second-order valence-electron chi connectivity index (χ2n) is 6.60. The Morgan fingerprint density at radius 3 is 2.00 bits per heavy atom. The zero-order valence-corrected chi connectivity index (χ0v) is 16.9. The number of aliphatic imine (C=N–C) groups is 1. The molecule has 0 unspecified atom stereocenters. The van der Waals surface area contributed by atoms with Crippen molar-refractivity contribution < 1.29 is 26.3 Å². The summed E-state index contributed by atoms with van der Waals surface area (Å²) in [7, 11) is 0. The summed E-state index contributed by atoms with van der Waals surface area (Å²) in [5.74, 6) is 0. The minimum Gasteiger partial charge on any atom is -0.362 e. The molecule has 0 bridgehead atoms. The summed E-state index contributed by atoms with van der Waals surface area (Å²) in [4.78, 5) is 4.37. The van der Waals surface area contributed by atoms with Gasteiger partial charge >= 0.3 is 12.4 Å². The predicted octanol–water partition coefficient (Wildman–Crippen LogP) is 8.12. The highest BCUT2D eigenvalue weighted by molar-refractivity contribution is 6.30. The van der Waals surface area contributed by atoms with E-state index in [9.17, 15) is 26.3 Å². The van der Waals surface area contributed by atoms with Crippen LogP contribution in [-0.2, 0) is 12.4 Å². The molecule has 32 heavy (non-hydrogen) atoms. The molecule has 0 aliphatic carbocycles. The second kappa shape index (κ2) is 9.48. The van der Waals surface area contributed by atoms with Gasteiger partial charge in [0.25, 0.3) is 0 Å². The van der Waals surface area contributed by atoms with Gasteiger partial charge in [-0.1, -0.05) is 29.8 Å². The summed E-state index contributed by atoms with van der Waals surface area (Å²) < 4.78 is 76.9. The third kappa shape index (κ3) is 6.37. The molecule has 0 aliphatic rings. The molecule has 0 spiro atoms. The van der Waals surface area contributed by atoms with Gasteiger partial charge in [0, 0.05) is 22.5 Å². The van der Waals surface area contributed by atoms with Gasteiger partial charge in [-0.2, -0.15) is 26.3 Å². The largest absolute Gasteiger partial charge is 0.416 e. The minimum absolute atomic E-state index is 0.209. The van der Waals surface area contributed by atoms with Gasteiger partial charge in [0.1, 0.15) is 0 Å². The van der Waals surface area contributed by atoms with Crippen LogP contribution in [0.25, 0.3) is 0 Å². The van der Waals surface area contributed by atoms with Gasteiger partial charge in [-0.15, -0.1) is 0 Å². The van der Waals surface area contributed by atoms with Crippen LogP contribution in [0.5, 0.6) is 0 Å². The lowest BCUT2D eigenvalue weighted by atomic mass is 10.1. The smallest absolute Gasteiger partial charge is 0.362 e. The topological polar surface area (TPSA) is 24.4 Å². The van der Waals surface area contributed by atoms with Crippen molar-refractivity contribution in [2.75, 3.05) is 5.32 Å². The average molecular weight is 469 g/mol. The monoisotopic (exact) mass is 468 g/mol. The Morgan fingerprint density at radius 2 is 1.41 bits per heavy atom. The number of nitrogens with one attached hydrogen (secondary N) is 1. The quantitative estimate of drug-likeness (QED) is 0.297. The van der Waals surface area contributed by atoms with Crippen molar-refractivity contribution in [3.8, 4) is 0 Å². The van der Waals surface area contributed by atoms with E-state index in [0.29, 0.717) is 16.3 Å². The molecule has 3 aromatic carbocycles. The van der Waals surface area contributed by atoms with E-state index in [4.69, 9.17) is 11.6 Å². The van der Waals surface area contributed by atoms with Crippen molar-refractivity contribution in [2.45, 2.75) is 12.4 Å². The SMILES string of the molecule is FC(F)(F)c1ccc(N=C(/C=C/Nc2cccc(C(F)(F)F)c2)c2ccc(Cl)cc2)cc1. The molecule has 1 N–H and O–H groups in total. The number of hydrogen-bond donors (Lipinski definition) is 1. The lowest BCUT2D eigenvalue weighted by Gasteiger charge is -2.09. The Morgan fingerprint density at radius 1 is 0.781 bits per heavy atom. The van der Waals surface area contributed by atoms with Crippen LogP contribution < -0.4 is 5.32 Å². The molecule has 0 radical (unpaired) electrons. The number of halogens is 7. The van der Waals surface area contributed by atoms with Crippen LogP contribution >= 0.6 is 11.6 Å². The molecule has 3 rings (SSSR count). The summed E-state index contributed by atoms with van der Waals surface area (Å²) in [5.41, 5.74) is -0.150. The Hall–Kier alpha value is -3.26. The third-order valence-electron chi connectivity index (χ3n) is 4.27. The number of nitrogens with zero attached hydrogens (tertiary/aromatic N) is 1. The zero-order chi connectivity index (χ0) is 23.4. The molecule has 3 aromatic rings. The number of allylic oxidation sites excluding steroid dienone is 1. The van der Waals surface area contributed by atoms with Crippen LogP contribution in [0.2, 0.25) is 5.02 Å². The molecular formula is C23H15ClF6N2. The lowest BCUT2D eigenvalue weighted by molar-refractivity contribution is -0.138. The molecule has 0 fully saturated rings. The van der Waals surface area contributed by atoms with E-state index < -0.39 is 23.5 Å². The Bertz CT molecular complexity index is 1110. The van der Waals surface area contributed by atoms with Gasteiger partial charge in [0.2, 0.25) is 0 Å². The van der Waals surface area contributed by atoms with Gasteiger partial charge in [-0.3, -0.25) is 0 Å². The molecule has 0 heterocycles. The standard InChI is InChI=1S/C23H15ClF6N2/c24-18-8-4-15(5-9-18)21(32-19-10-6-16(7-11-19)22(25,26)27)12-13-31-20-3-1-2-17(14-20)23(28,29)30/h1-14,31H/b13-12+,32-21?. The van der Waals surface area contributed by atoms with Crippen LogP contribution in [0.1, 0.15) is 16.7 Å². The van der Waals surface area contributed by atoms with Crippen LogP contribution in [0, 0.1) is 0 Å². The molecule has 0 aromatic heterocycles. The Balaban J connectivity index is 1.88. The predicted molar refractivity (Wildman–Crippen MR) is 113 cm³/mol. The molecule has 0 amide bonds. The molecular weight excluding hydrogens is 454 g/mol. The zero-order valence-electron chi connectivity index (χ0n) is 16.2. The number of benzene rings is 3. The van der Waals surface area contributed by atoms with Crippen molar-refractivity contribution in [1.29, 1.82) is 0 Å². The van der Waals surface area contributed by atoms with Crippen molar-refractivity contribution in [3.63, 3.8) is 0 Å². The van der Waals surface area contributed by atoms with Gasteiger partial charge in [0.05, 0.1) is 22.5 Å². The van der Waals surface area contributed by atoms with Crippen molar-refractivity contribution in [3.05, 3.63) is 107 Å². The van der Waals surface area contributed by atoms with E-state index in [1.165, 1.54) is 36.5 Å². The van der Waals surface area contributed by atoms with Crippen LogP contribution in [0.3, 0.4) is 0 Å². The van der Waals surface area contributed by atoms with Gasteiger partial charge in [0.15, 0.2) is 0 Å². The van der Waals surface area contributed by atoms with Crippen molar-refractivity contribution >= 4 is 28.7 Å². The summed E-state index contributed by atoms with van der Waals surface area (Å²) in [6, 6.07) is 15.5. The summed E-state index contributed by atoms with van der Waals surface area (Å²) in [5, 5.41) is 3.23. The van der Waals surface area contributed by atoms with Crippen LogP contribution in [0.15, 0.2) is 90.1 Å². The van der Waals surface area contributed by atoms with E-state index >= 15 is 0 Å². The van der Waals surface area contributed by atoms with Crippen molar-refractivity contribution in [1.82, 2.24) is 0 Å². The highest BCUT2D eigenvalue weighted by atomic mass is 35.5. The van der Waals surface area contributed by atoms with Gasteiger partial charge < -0.3 is 5.32 Å². The second-order valence-corrected chi connectivity index (χ2v) is 7.04. The first-order valence-corrected chi connectivity index (χ1v) is 9.52. The number of rotatable bonds is 5. The summed E-state index contributed by atoms with van der Waals surface area (Å²) in [6.45, 7) is 0. The van der Waals surface area contributed by atoms with Crippen molar-refractivity contribution in [2.24, 2.45) is 4.99 Å². The molecule has 9 heteroatoms. The third-order valence-corrected chi connectivity index (χ3v) is 4.52. The minimum atomic E-state index is -4.47. The van der Waals surface area contributed by atoms with E-state index in [2.05, 4.69) is 10.3 Å². The normalized spacial score (nSPS) is 12.9. The fraction of sp³-hybridized carbons (Fsp3) is 0.0870.